The first-order valence-electron chi connectivity index (χ1n) is 50.6. The standard InChI is InChI=1S/C49H31N3.2C45H29N3/c1-3-14-32(15-4-1)35-28-29-40-41(31-35)47(39-21-10-9-20-38(39)46(40)36-27-26-33-16-7-8-17-34(33)30-36)49-50-42-22-13-25-45-48(42)52(49)44-24-12-11-23-43(44)51(45)37-18-5-2-6-19-37;1-3-15-30(16-4-1)42-34-21-7-9-23-36(34)43(37-24-10-8-22-35(37)42)31-17-13-18-32(29-31)45-46-38-25-14-28-41-44(38)48(45)40-27-12-11-26-39(40)47(41)33-19-5-2-6-20-33;1-3-14-30(15-4-1)42-34-18-7-9-20-36(34)43(37-21-10-8-19-35(37)42)31-26-28-32(29-27-31)45-46-38-22-13-25-41-44(38)48(45)40-24-12-11-23-39(40)47(41)33-16-5-2-6-17-33/h1-31H;2*1-29H. The second kappa shape index (κ2) is 35.1. The minimum absolute atomic E-state index is 0.939. The van der Waals surface area contributed by atoms with E-state index in [4.69, 9.17) is 15.0 Å². The Morgan fingerprint density at radius 3 is 0.791 bits per heavy atom. The molecule has 0 N–H and O–H groups in total. The summed E-state index contributed by atoms with van der Waals surface area (Å²) < 4.78 is 7.10. The fourth-order valence-electron chi connectivity index (χ4n) is 23.8. The summed E-state index contributed by atoms with van der Waals surface area (Å²) in [5.41, 5.74) is 37.8. The maximum atomic E-state index is 5.56. The van der Waals surface area contributed by atoms with Gasteiger partial charge in [0.15, 0.2) is 0 Å². The number of hydrogen-bond acceptors (Lipinski definition) is 6. The van der Waals surface area contributed by atoms with Crippen LogP contribution < -0.4 is 14.7 Å². The molecule has 0 radical (unpaired) electrons. The summed E-state index contributed by atoms with van der Waals surface area (Å²) >= 11 is 0. The number of anilines is 9. The van der Waals surface area contributed by atoms with Gasteiger partial charge in [-0.1, -0.05) is 413 Å². The molecule has 9 heteroatoms. The van der Waals surface area contributed by atoms with Crippen molar-refractivity contribution in [3.05, 3.63) is 540 Å². The molecule has 28 aromatic rings. The van der Waals surface area contributed by atoms with Crippen LogP contribution in [0.4, 0.5) is 51.2 Å². The lowest BCUT2D eigenvalue weighted by Gasteiger charge is -2.33. The number of benzene rings is 25. The van der Waals surface area contributed by atoms with Crippen molar-refractivity contribution in [2.24, 2.45) is 0 Å². The molecule has 0 spiro atoms. The zero-order valence-corrected chi connectivity index (χ0v) is 80.4. The van der Waals surface area contributed by atoms with Gasteiger partial charge in [0.2, 0.25) is 0 Å². The Hall–Kier alpha value is -19.9. The van der Waals surface area contributed by atoms with E-state index in [9.17, 15) is 0 Å². The van der Waals surface area contributed by atoms with Crippen molar-refractivity contribution in [2.75, 3.05) is 14.7 Å². The molecule has 3 aliphatic rings. The molecule has 690 valence electrons. The fourth-order valence-corrected chi connectivity index (χ4v) is 23.8. The van der Waals surface area contributed by atoms with E-state index in [1.807, 2.05) is 0 Å². The van der Waals surface area contributed by atoms with Gasteiger partial charge in [0.05, 0.1) is 84.3 Å². The van der Waals surface area contributed by atoms with Crippen LogP contribution in [0.15, 0.2) is 540 Å². The molecule has 0 unspecified atom stereocenters. The summed E-state index contributed by atoms with van der Waals surface area (Å²) in [4.78, 5) is 23.2. The molecule has 31 rings (SSSR count). The van der Waals surface area contributed by atoms with E-state index in [0.29, 0.717) is 0 Å². The van der Waals surface area contributed by atoms with E-state index >= 15 is 0 Å². The molecule has 0 saturated heterocycles. The van der Waals surface area contributed by atoms with Crippen LogP contribution in [-0.4, -0.2) is 28.7 Å². The third-order valence-electron chi connectivity index (χ3n) is 30.0. The zero-order valence-electron chi connectivity index (χ0n) is 80.4. The van der Waals surface area contributed by atoms with Crippen molar-refractivity contribution in [1.82, 2.24) is 28.7 Å². The first kappa shape index (κ1) is 85.0. The van der Waals surface area contributed by atoms with E-state index in [1.165, 1.54) is 142 Å². The van der Waals surface area contributed by atoms with Crippen LogP contribution in [0, 0.1) is 0 Å². The fraction of sp³-hybridized carbons (Fsp3) is 0. The van der Waals surface area contributed by atoms with Gasteiger partial charge in [-0.25, -0.2) is 15.0 Å². The lowest BCUT2D eigenvalue weighted by Crippen LogP contribution is -2.18. The molecule has 0 fully saturated rings. The monoisotopic (exact) mass is 1880 g/mol. The van der Waals surface area contributed by atoms with Gasteiger partial charge in [0.1, 0.15) is 17.5 Å². The van der Waals surface area contributed by atoms with E-state index in [1.54, 1.807) is 0 Å². The molecule has 25 aromatic carbocycles. The quantitative estimate of drug-likeness (QED) is 0.114. The zero-order chi connectivity index (χ0) is 97.4. The minimum atomic E-state index is 0.939. The number of rotatable bonds is 12. The number of para-hydroxylation sites is 12. The van der Waals surface area contributed by atoms with Gasteiger partial charge >= 0.3 is 0 Å². The van der Waals surface area contributed by atoms with Crippen molar-refractivity contribution >= 4 is 160 Å². The highest BCUT2D eigenvalue weighted by Gasteiger charge is 2.36. The van der Waals surface area contributed by atoms with Gasteiger partial charge in [-0.3, -0.25) is 13.7 Å². The largest absolute Gasteiger partial charge is 0.306 e. The third-order valence-corrected chi connectivity index (χ3v) is 30.0. The lowest BCUT2D eigenvalue weighted by atomic mass is 9.86. The van der Waals surface area contributed by atoms with Crippen LogP contribution in [0.1, 0.15) is 0 Å². The number of aromatic nitrogens is 6. The molecule has 0 aliphatic carbocycles. The highest BCUT2D eigenvalue weighted by Crippen LogP contribution is 2.57. The molecule has 3 aromatic heterocycles. The molecule has 148 heavy (non-hydrogen) atoms. The van der Waals surface area contributed by atoms with Gasteiger partial charge in [-0.15, -0.1) is 0 Å². The Morgan fingerprint density at radius 1 is 0.128 bits per heavy atom. The minimum Gasteiger partial charge on any atom is -0.306 e. The Morgan fingerprint density at radius 2 is 0.385 bits per heavy atom. The molecule has 9 nitrogen and oxygen atoms in total. The molecule has 0 saturated carbocycles. The lowest BCUT2D eigenvalue weighted by molar-refractivity contribution is 1.06. The van der Waals surface area contributed by atoms with Gasteiger partial charge in [0, 0.05) is 33.8 Å². The predicted octanol–water partition coefficient (Wildman–Crippen LogP) is 37.5. The average Bonchev–Trinajstić information content (AvgIpc) is 1.52. The third kappa shape index (κ3) is 13.7. The van der Waals surface area contributed by atoms with Crippen molar-refractivity contribution in [1.29, 1.82) is 0 Å². The second-order valence-electron chi connectivity index (χ2n) is 38.3. The molecule has 6 heterocycles. The van der Waals surface area contributed by atoms with E-state index < -0.39 is 0 Å². The molecular formula is C139H89N9. The number of imidazole rings is 3. The summed E-state index contributed by atoms with van der Waals surface area (Å²) in [5.74, 6) is 2.83. The van der Waals surface area contributed by atoms with Crippen LogP contribution in [0.25, 0.3) is 226 Å². The van der Waals surface area contributed by atoms with Crippen LogP contribution in [0.5, 0.6) is 0 Å². The molecular weight excluding hydrogens is 1800 g/mol. The summed E-state index contributed by atoms with van der Waals surface area (Å²) in [7, 11) is 0. The summed E-state index contributed by atoms with van der Waals surface area (Å²) in [6.45, 7) is 0. The van der Waals surface area contributed by atoms with Gasteiger partial charge in [-0.05, 0) is 270 Å². The molecule has 0 amide bonds. The van der Waals surface area contributed by atoms with Gasteiger partial charge < -0.3 is 14.7 Å². The van der Waals surface area contributed by atoms with Crippen LogP contribution in [-0.2, 0) is 0 Å². The van der Waals surface area contributed by atoms with Gasteiger partial charge in [-0.2, -0.15) is 0 Å². The average molecular weight is 1890 g/mol. The van der Waals surface area contributed by atoms with Crippen molar-refractivity contribution in [3.8, 4) is 118 Å². The first-order chi connectivity index (χ1) is 73.5. The van der Waals surface area contributed by atoms with Crippen LogP contribution >= 0.6 is 0 Å². The Balaban J connectivity index is 0.000000105. The molecule has 0 atom stereocenters. The summed E-state index contributed by atoms with van der Waals surface area (Å²) in [5, 5.41) is 17.3. The van der Waals surface area contributed by atoms with E-state index in [0.717, 1.165) is 136 Å². The highest BCUT2D eigenvalue weighted by atomic mass is 15.3. The highest BCUT2D eigenvalue weighted by molar-refractivity contribution is 6.26. The van der Waals surface area contributed by atoms with Crippen molar-refractivity contribution in [3.63, 3.8) is 0 Å². The SMILES string of the molecule is c1ccc(-c2c3ccccc3c(-c3ccc(-c4nc5cccc6c5n4-c4ccccc4N6c4ccccc4)cc3)c3ccccc23)cc1.c1ccc(-c2c3ccccc3c(-c3cccc(-c4nc5cccc6c5n4-c4ccccc4N6c4ccccc4)c3)c3ccccc23)cc1.c1ccc(-c2ccc3c(-c4ccc5ccccc5c4)c4ccccc4c(-c4nc5cccc6c5n4-c4ccccc4N6c4ccccc4)c3c2)cc1. The normalized spacial score (nSPS) is 12.1. The maximum Gasteiger partial charge on any atom is 0.147 e. The number of hydrogen-bond donors (Lipinski definition) is 0. The number of nitrogens with zero attached hydrogens (tertiary/aromatic N) is 9. The second-order valence-corrected chi connectivity index (χ2v) is 38.3. The Kier molecular flexibility index (Phi) is 20.1. The Labute approximate surface area is 854 Å². The van der Waals surface area contributed by atoms with Crippen molar-refractivity contribution < 1.29 is 0 Å². The van der Waals surface area contributed by atoms with Crippen molar-refractivity contribution in [2.45, 2.75) is 0 Å². The maximum absolute atomic E-state index is 5.56. The summed E-state index contributed by atoms with van der Waals surface area (Å²) in [6.07, 6.45) is 0. The smallest absolute Gasteiger partial charge is 0.147 e. The van der Waals surface area contributed by atoms with Crippen LogP contribution in [0.2, 0.25) is 0 Å². The summed E-state index contributed by atoms with van der Waals surface area (Å²) in [6, 6.07) is 194. The Bertz CT molecular complexity index is 10100. The number of fused-ring (bicyclic) bond motifs is 13. The topological polar surface area (TPSA) is 63.2 Å². The predicted molar refractivity (Wildman–Crippen MR) is 619 cm³/mol. The molecule has 0 bridgehead atoms. The van der Waals surface area contributed by atoms with E-state index in [2.05, 4.69) is 568 Å². The van der Waals surface area contributed by atoms with E-state index in [-0.39, 0.29) is 0 Å². The molecule has 3 aliphatic heterocycles. The van der Waals surface area contributed by atoms with Gasteiger partial charge in [0.25, 0.3) is 0 Å². The van der Waals surface area contributed by atoms with Crippen LogP contribution in [0.3, 0.4) is 0 Å². The first-order valence-corrected chi connectivity index (χ1v) is 50.6.